The molecule has 1 aliphatic carbocycles. The molecule has 3 aromatic rings. The van der Waals surface area contributed by atoms with Crippen LogP contribution in [0, 0.1) is 25.2 Å². The summed E-state index contributed by atoms with van der Waals surface area (Å²) in [5.41, 5.74) is 5.25. The van der Waals surface area contributed by atoms with Crippen molar-refractivity contribution >= 4 is 33.2 Å². The molecular weight excluding hydrogens is 302 g/mol. The fourth-order valence-electron chi connectivity index (χ4n) is 3.13. The third kappa shape index (κ3) is 2.47. The van der Waals surface area contributed by atoms with Crippen molar-refractivity contribution in [3.05, 3.63) is 52.3 Å². The average molecular weight is 319 g/mol. The Labute approximate surface area is 139 Å². The number of aromatic nitrogens is 2. The molecule has 0 radical (unpaired) electrons. The maximum Gasteiger partial charge on any atom is 0.135 e. The van der Waals surface area contributed by atoms with E-state index >= 15 is 0 Å². The van der Waals surface area contributed by atoms with Crippen LogP contribution in [0.1, 0.15) is 40.8 Å². The largest absolute Gasteiger partial charge is 0.346 e. The molecule has 2 heterocycles. The van der Waals surface area contributed by atoms with Crippen molar-refractivity contribution in [3.8, 4) is 6.07 Å². The highest BCUT2D eigenvalue weighted by atomic mass is 32.1. The van der Waals surface area contributed by atoms with Crippen LogP contribution in [0.25, 0.3) is 21.9 Å². The van der Waals surface area contributed by atoms with Gasteiger partial charge < -0.3 is 4.57 Å². The van der Waals surface area contributed by atoms with E-state index < -0.39 is 0 Å². The molecule has 0 unspecified atom stereocenters. The molecule has 0 aliphatic heterocycles. The first kappa shape index (κ1) is 14.2. The summed E-state index contributed by atoms with van der Waals surface area (Å²) < 4.78 is 3.52. The Kier molecular flexibility index (Phi) is 3.32. The number of thiazole rings is 1. The number of benzene rings is 1. The fourth-order valence-corrected chi connectivity index (χ4v) is 4.06. The number of allylic oxidation sites excluding steroid dienone is 1. The molecule has 1 aromatic carbocycles. The molecule has 1 saturated carbocycles. The second-order valence-electron chi connectivity index (χ2n) is 6.08. The molecule has 1 aliphatic rings. The zero-order valence-electron chi connectivity index (χ0n) is 13.2. The van der Waals surface area contributed by atoms with Gasteiger partial charge in [0.15, 0.2) is 0 Å². The Balaban J connectivity index is 1.79. The second-order valence-corrected chi connectivity index (χ2v) is 7.11. The molecule has 4 heteroatoms. The van der Waals surface area contributed by atoms with Gasteiger partial charge in [-0.15, -0.1) is 11.3 Å². The fraction of sp³-hybridized carbons (Fsp3) is 0.263. The van der Waals surface area contributed by atoms with Gasteiger partial charge in [-0.25, -0.2) is 4.98 Å². The number of rotatable bonds is 3. The van der Waals surface area contributed by atoms with Gasteiger partial charge >= 0.3 is 0 Å². The van der Waals surface area contributed by atoms with Gasteiger partial charge in [0.2, 0.25) is 0 Å². The molecular formula is C19H17N3S. The van der Waals surface area contributed by atoms with Crippen molar-refractivity contribution in [2.24, 2.45) is 0 Å². The minimum absolute atomic E-state index is 0.641. The number of aryl methyl sites for hydroxylation is 1. The Hall–Kier alpha value is -2.38. The quantitative estimate of drug-likeness (QED) is 0.629. The van der Waals surface area contributed by atoms with E-state index in [0.29, 0.717) is 11.6 Å². The maximum atomic E-state index is 9.60. The summed E-state index contributed by atoms with van der Waals surface area (Å²) in [6, 6.07) is 13.2. The molecule has 4 rings (SSSR count). The van der Waals surface area contributed by atoms with Crippen LogP contribution >= 0.6 is 11.3 Å². The molecule has 2 aromatic heterocycles. The summed E-state index contributed by atoms with van der Waals surface area (Å²) in [5, 5.41) is 10.4. The van der Waals surface area contributed by atoms with E-state index in [4.69, 9.17) is 0 Å². The van der Waals surface area contributed by atoms with Gasteiger partial charge in [-0.3, -0.25) is 0 Å². The zero-order chi connectivity index (χ0) is 16.0. The highest BCUT2D eigenvalue weighted by molar-refractivity contribution is 7.19. The predicted octanol–water partition coefficient (Wildman–Crippen LogP) is 5.11. The Morgan fingerprint density at radius 2 is 2.13 bits per heavy atom. The van der Waals surface area contributed by atoms with Crippen molar-refractivity contribution in [3.63, 3.8) is 0 Å². The summed E-state index contributed by atoms with van der Waals surface area (Å²) >= 11 is 1.58. The van der Waals surface area contributed by atoms with Gasteiger partial charge in [-0.05, 0) is 56.5 Å². The number of nitrogens with zero attached hydrogens (tertiary/aromatic N) is 3. The first-order chi connectivity index (χ1) is 11.2. The Bertz CT molecular complexity index is 931. The van der Waals surface area contributed by atoms with E-state index in [9.17, 15) is 5.26 Å². The lowest BCUT2D eigenvalue weighted by Gasteiger charge is -2.06. The molecule has 0 N–H and O–H groups in total. The third-order valence-corrected chi connectivity index (χ3v) is 5.45. The van der Waals surface area contributed by atoms with Gasteiger partial charge in [-0.1, -0.05) is 12.1 Å². The third-order valence-electron chi connectivity index (χ3n) is 4.38. The van der Waals surface area contributed by atoms with Crippen molar-refractivity contribution in [2.45, 2.75) is 32.7 Å². The molecule has 0 amide bonds. The molecule has 3 nitrogen and oxygen atoms in total. The van der Waals surface area contributed by atoms with Crippen LogP contribution < -0.4 is 0 Å². The van der Waals surface area contributed by atoms with Crippen molar-refractivity contribution in [2.75, 3.05) is 0 Å². The van der Waals surface area contributed by atoms with E-state index in [0.717, 1.165) is 20.8 Å². The van der Waals surface area contributed by atoms with Crippen LogP contribution in [-0.2, 0) is 0 Å². The number of hydrogen-bond donors (Lipinski definition) is 0. The van der Waals surface area contributed by atoms with E-state index in [1.165, 1.54) is 24.2 Å². The van der Waals surface area contributed by atoms with Crippen LogP contribution in [0.2, 0.25) is 0 Å². The summed E-state index contributed by atoms with van der Waals surface area (Å²) in [4.78, 5) is 4.61. The van der Waals surface area contributed by atoms with Crippen LogP contribution in [-0.4, -0.2) is 9.55 Å². The van der Waals surface area contributed by atoms with Gasteiger partial charge in [0.1, 0.15) is 11.1 Å². The van der Waals surface area contributed by atoms with Crippen molar-refractivity contribution in [1.29, 1.82) is 5.26 Å². The average Bonchev–Trinajstić information content (AvgIpc) is 3.21. The summed E-state index contributed by atoms with van der Waals surface area (Å²) in [6.07, 6.45) is 4.52. The topological polar surface area (TPSA) is 41.6 Å². The summed E-state index contributed by atoms with van der Waals surface area (Å²) in [7, 11) is 0. The first-order valence-electron chi connectivity index (χ1n) is 7.83. The summed E-state index contributed by atoms with van der Waals surface area (Å²) in [5.74, 6) is 0. The Morgan fingerprint density at radius 3 is 2.83 bits per heavy atom. The number of nitriles is 1. The number of hydrogen-bond acceptors (Lipinski definition) is 3. The predicted molar refractivity (Wildman–Crippen MR) is 95.3 cm³/mol. The van der Waals surface area contributed by atoms with Crippen molar-refractivity contribution in [1.82, 2.24) is 9.55 Å². The van der Waals surface area contributed by atoms with Crippen LogP contribution in [0.4, 0.5) is 0 Å². The lowest BCUT2D eigenvalue weighted by molar-refractivity contribution is 0.699. The first-order valence-corrected chi connectivity index (χ1v) is 8.65. The smallest absolute Gasteiger partial charge is 0.135 e. The van der Waals surface area contributed by atoms with Gasteiger partial charge in [-0.2, -0.15) is 5.26 Å². The molecule has 0 spiro atoms. The van der Waals surface area contributed by atoms with Gasteiger partial charge in [0, 0.05) is 17.4 Å². The standard InChI is InChI=1S/C19H17N3S/c1-12-9-14(13(2)22(12)16-7-8-16)10-15(11-20)19-21-17-5-3-4-6-18(17)23-19/h3-6,9-10,16H,7-8H2,1-2H3/b15-10-. The van der Waals surface area contributed by atoms with Crippen molar-refractivity contribution < 1.29 is 0 Å². The normalized spacial score (nSPS) is 15.1. The highest BCUT2D eigenvalue weighted by Gasteiger charge is 2.26. The monoisotopic (exact) mass is 319 g/mol. The molecule has 0 bridgehead atoms. The lowest BCUT2D eigenvalue weighted by atomic mass is 10.1. The SMILES string of the molecule is Cc1cc(/C=C(/C#N)c2nc3ccccc3s2)c(C)n1C1CC1. The minimum atomic E-state index is 0.641. The van der Waals surface area contributed by atoms with E-state index in [-0.39, 0.29) is 0 Å². The second kappa shape index (κ2) is 5.36. The minimum Gasteiger partial charge on any atom is -0.346 e. The summed E-state index contributed by atoms with van der Waals surface area (Å²) in [6.45, 7) is 4.29. The number of fused-ring (bicyclic) bond motifs is 1. The van der Waals surface area contributed by atoms with E-state index in [1.807, 2.05) is 30.3 Å². The number of para-hydroxylation sites is 1. The van der Waals surface area contributed by atoms with Crippen LogP contribution in [0.15, 0.2) is 30.3 Å². The Morgan fingerprint density at radius 1 is 1.35 bits per heavy atom. The zero-order valence-corrected chi connectivity index (χ0v) is 14.0. The van der Waals surface area contributed by atoms with Crippen LogP contribution in [0.5, 0.6) is 0 Å². The molecule has 0 atom stereocenters. The van der Waals surface area contributed by atoms with E-state index in [1.54, 1.807) is 11.3 Å². The van der Waals surface area contributed by atoms with E-state index in [2.05, 4.69) is 35.5 Å². The molecule has 114 valence electrons. The van der Waals surface area contributed by atoms with Gasteiger partial charge in [0.05, 0.1) is 15.8 Å². The van der Waals surface area contributed by atoms with Crippen LogP contribution in [0.3, 0.4) is 0 Å². The molecule has 1 fully saturated rings. The van der Waals surface area contributed by atoms with Gasteiger partial charge in [0.25, 0.3) is 0 Å². The lowest BCUT2D eigenvalue weighted by Crippen LogP contribution is -1.98. The highest BCUT2D eigenvalue weighted by Crippen LogP contribution is 2.39. The molecule has 23 heavy (non-hydrogen) atoms. The maximum absolute atomic E-state index is 9.60. The molecule has 0 saturated heterocycles.